The van der Waals surface area contributed by atoms with Gasteiger partial charge >= 0.3 is 0 Å². The fourth-order valence-electron chi connectivity index (χ4n) is 4.78. The number of hydrogen-bond acceptors (Lipinski definition) is 7. The molecule has 0 N–H and O–H groups in total. The summed E-state index contributed by atoms with van der Waals surface area (Å²) in [5.74, 6) is 0.438. The molecule has 1 heterocycles. The average molecular weight is 425 g/mol. The number of Topliss-reactive ketones (excluding diaryl/α,β-unsaturated/α-hetero) is 2. The van der Waals surface area contributed by atoms with Gasteiger partial charge < -0.3 is 0 Å². The van der Waals surface area contributed by atoms with Crippen LogP contribution in [0, 0.1) is 21.7 Å². The first kappa shape index (κ1) is 19.6. The van der Waals surface area contributed by atoms with Crippen molar-refractivity contribution in [2.24, 2.45) is 21.7 Å². The zero-order valence-corrected chi connectivity index (χ0v) is 19.3. The summed E-state index contributed by atoms with van der Waals surface area (Å²) in [4.78, 5) is 25.3. The summed E-state index contributed by atoms with van der Waals surface area (Å²) in [6.07, 6.45) is 0. The monoisotopic (exact) mass is 424 g/mol. The number of carbonyl (C=O) groups excluding carboxylic acids is 2. The van der Waals surface area contributed by atoms with E-state index in [9.17, 15) is 13.8 Å². The van der Waals surface area contributed by atoms with E-state index in [1.165, 1.54) is 21.6 Å². The minimum absolute atomic E-state index is 0.219. The minimum Gasteiger partial charge on any atom is -0.298 e. The summed E-state index contributed by atoms with van der Waals surface area (Å²) in [7, 11) is 4.96. The molecule has 0 bridgehead atoms. The molecular weight excluding hydrogens is 401 g/mol. The molecule has 3 nitrogen and oxygen atoms in total. The molecule has 3 rings (SSSR count). The topological polar surface area (TPSA) is 51.2 Å². The molecule has 0 radical (unpaired) electrons. The lowest BCUT2D eigenvalue weighted by atomic mass is 9.53. The molecule has 1 saturated heterocycles. The predicted octanol–water partition coefficient (Wildman–Crippen LogP) is 5.09. The van der Waals surface area contributed by atoms with Crippen LogP contribution in [0.25, 0.3) is 0 Å². The van der Waals surface area contributed by atoms with Crippen LogP contribution in [0.15, 0.2) is 0 Å². The predicted molar refractivity (Wildman–Crippen MR) is 109 cm³/mol. The average Bonchev–Trinajstić information content (AvgIpc) is 2.64. The molecule has 136 valence electrons. The normalized spacial score (nSPS) is 34.5. The third-order valence-corrected chi connectivity index (χ3v) is 19.1. The molecule has 0 aromatic rings. The first-order chi connectivity index (χ1) is 10.6. The largest absolute Gasteiger partial charge is 0.298 e. The van der Waals surface area contributed by atoms with Gasteiger partial charge in [-0.2, -0.15) is 0 Å². The van der Waals surface area contributed by atoms with E-state index in [4.69, 9.17) is 0 Å². The number of carbonyl (C=O) groups is 2. The lowest BCUT2D eigenvalue weighted by Crippen LogP contribution is -2.71. The van der Waals surface area contributed by atoms with Crippen molar-refractivity contribution < 1.29 is 13.8 Å². The maximum Gasteiger partial charge on any atom is 0.148 e. The van der Waals surface area contributed by atoms with E-state index in [-0.39, 0.29) is 11.6 Å². The van der Waals surface area contributed by atoms with Gasteiger partial charge in [0.15, 0.2) is 0 Å². The van der Waals surface area contributed by atoms with Gasteiger partial charge in [0, 0.05) is 0 Å². The van der Waals surface area contributed by atoms with Gasteiger partial charge in [0.1, 0.15) is 28.6 Å². The van der Waals surface area contributed by atoms with Crippen LogP contribution in [0.3, 0.4) is 0 Å². The van der Waals surface area contributed by atoms with Gasteiger partial charge in [0.2, 0.25) is 0 Å². The standard InChI is InChI=1S/C16H24O3S5/c1-11(2)9(17)12(3,4)15(11)20-21-16(23-24(19)22-15)13(5,6)10(18)14(16,7)8/h1-8H3. The molecule has 0 aromatic heterocycles. The second-order valence-electron chi connectivity index (χ2n) is 8.93. The van der Waals surface area contributed by atoms with Crippen LogP contribution in [-0.2, 0) is 18.5 Å². The van der Waals surface area contributed by atoms with Crippen molar-refractivity contribution in [3.63, 3.8) is 0 Å². The Morgan fingerprint density at radius 1 is 0.625 bits per heavy atom. The fraction of sp³-hybridized carbons (Fsp3) is 0.875. The van der Waals surface area contributed by atoms with Crippen molar-refractivity contribution >= 4 is 63.6 Å². The Balaban J connectivity index is 2.07. The zero-order chi connectivity index (χ0) is 18.6. The van der Waals surface area contributed by atoms with Crippen molar-refractivity contribution in [1.82, 2.24) is 0 Å². The molecular formula is C16H24O3S5. The lowest BCUT2D eigenvalue weighted by Gasteiger charge is -2.64. The Morgan fingerprint density at radius 3 is 1.12 bits per heavy atom. The summed E-state index contributed by atoms with van der Waals surface area (Å²) < 4.78 is 12.2. The van der Waals surface area contributed by atoms with Gasteiger partial charge in [-0.15, -0.1) is 0 Å². The molecule has 0 atom stereocenters. The molecule has 0 unspecified atom stereocenters. The van der Waals surface area contributed by atoms with Crippen LogP contribution in [0.5, 0.6) is 0 Å². The maximum absolute atomic E-state index is 13.1. The fourth-order valence-corrected chi connectivity index (χ4v) is 21.7. The molecule has 0 amide bonds. The number of rotatable bonds is 0. The summed E-state index contributed by atoms with van der Waals surface area (Å²) in [5, 5.41) is 0. The van der Waals surface area contributed by atoms with Crippen LogP contribution in [-0.4, -0.2) is 23.9 Å². The SMILES string of the molecule is CC1(C)C(=O)C(C)(C)C12SSC1(SS(=O)S2)C(C)(C)C(=O)C1(C)C. The van der Waals surface area contributed by atoms with Gasteiger partial charge in [-0.25, -0.2) is 4.21 Å². The summed E-state index contributed by atoms with van der Waals surface area (Å²) in [6.45, 7) is 15.7. The Labute approximate surface area is 162 Å². The molecule has 3 fully saturated rings. The minimum atomic E-state index is -1.22. The highest BCUT2D eigenvalue weighted by molar-refractivity contribution is 9.07. The highest BCUT2D eigenvalue weighted by atomic mass is 33.5. The molecule has 0 aromatic carbocycles. The first-order valence-corrected chi connectivity index (χ1v) is 13.9. The molecule has 2 spiro atoms. The highest BCUT2D eigenvalue weighted by Crippen LogP contribution is 2.83. The maximum atomic E-state index is 13.1. The van der Waals surface area contributed by atoms with E-state index >= 15 is 0 Å². The zero-order valence-electron chi connectivity index (χ0n) is 15.3. The van der Waals surface area contributed by atoms with Crippen LogP contribution in [0.4, 0.5) is 0 Å². The number of hydrogen-bond donors (Lipinski definition) is 0. The highest BCUT2D eigenvalue weighted by Gasteiger charge is 2.80. The van der Waals surface area contributed by atoms with Gasteiger partial charge in [-0.05, 0) is 21.6 Å². The van der Waals surface area contributed by atoms with Crippen molar-refractivity contribution in [1.29, 1.82) is 0 Å². The Bertz CT molecular complexity index is 585. The van der Waals surface area contributed by atoms with Gasteiger partial charge in [-0.3, -0.25) is 9.59 Å². The van der Waals surface area contributed by atoms with E-state index < -0.39 is 38.7 Å². The Hall–Kier alpha value is 0.890. The molecule has 24 heavy (non-hydrogen) atoms. The van der Waals surface area contributed by atoms with E-state index in [1.54, 1.807) is 21.6 Å². The Morgan fingerprint density at radius 2 is 0.875 bits per heavy atom. The molecule has 2 saturated carbocycles. The van der Waals surface area contributed by atoms with E-state index in [1.807, 2.05) is 55.4 Å². The smallest absolute Gasteiger partial charge is 0.148 e. The van der Waals surface area contributed by atoms with E-state index in [0.717, 1.165) is 0 Å². The van der Waals surface area contributed by atoms with Crippen molar-refractivity contribution in [2.45, 2.75) is 63.5 Å². The summed E-state index contributed by atoms with van der Waals surface area (Å²) in [6, 6.07) is 0. The molecule has 8 heteroatoms. The van der Waals surface area contributed by atoms with E-state index in [2.05, 4.69) is 0 Å². The molecule has 1 aliphatic heterocycles. The van der Waals surface area contributed by atoms with Crippen molar-refractivity contribution in [3.05, 3.63) is 0 Å². The molecule has 3 aliphatic rings. The quantitative estimate of drug-likeness (QED) is 0.502. The van der Waals surface area contributed by atoms with Crippen LogP contribution in [0.2, 0.25) is 0 Å². The third-order valence-electron chi connectivity index (χ3n) is 6.21. The van der Waals surface area contributed by atoms with Crippen LogP contribution >= 0.6 is 43.2 Å². The third kappa shape index (κ3) is 1.81. The first-order valence-electron chi connectivity index (χ1n) is 7.89. The van der Waals surface area contributed by atoms with E-state index in [0.29, 0.717) is 0 Å². The second kappa shape index (κ2) is 5.03. The van der Waals surface area contributed by atoms with Gasteiger partial charge in [-0.1, -0.05) is 77.0 Å². The second-order valence-corrected chi connectivity index (χ2v) is 17.4. The van der Waals surface area contributed by atoms with Crippen LogP contribution < -0.4 is 0 Å². The lowest BCUT2D eigenvalue weighted by molar-refractivity contribution is -0.153. The van der Waals surface area contributed by atoms with Gasteiger partial charge in [0.05, 0.1) is 21.7 Å². The van der Waals surface area contributed by atoms with Gasteiger partial charge in [0.25, 0.3) is 0 Å². The van der Waals surface area contributed by atoms with Crippen molar-refractivity contribution in [2.75, 3.05) is 0 Å². The summed E-state index contributed by atoms with van der Waals surface area (Å²) in [5.41, 5.74) is -2.16. The Kier molecular flexibility index (Phi) is 4.12. The van der Waals surface area contributed by atoms with Crippen molar-refractivity contribution in [3.8, 4) is 0 Å². The molecule has 2 aliphatic carbocycles. The van der Waals surface area contributed by atoms with Crippen LogP contribution in [0.1, 0.15) is 55.4 Å². The number of ketones is 2. The summed E-state index contributed by atoms with van der Waals surface area (Å²) >= 11 is 0.